The molecule has 0 saturated carbocycles. The summed E-state index contributed by atoms with van der Waals surface area (Å²) in [6, 6.07) is 7.94. The van der Waals surface area contributed by atoms with E-state index in [0.717, 1.165) is 25.5 Å². The van der Waals surface area contributed by atoms with Gasteiger partial charge in [0.15, 0.2) is 0 Å². The second-order valence-electron chi connectivity index (χ2n) is 5.14. The first-order valence-corrected chi connectivity index (χ1v) is 6.64. The molecule has 102 valence electrons. The molecule has 0 radical (unpaired) electrons. The molecule has 2 heterocycles. The zero-order valence-electron chi connectivity index (χ0n) is 11.5. The molecule has 5 nitrogen and oxygen atoms in total. The molecule has 1 fully saturated rings. The Bertz CT molecular complexity index is 469. The summed E-state index contributed by atoms with van der Waals surface area (Å²) in [4.78, 5) is 8.83. The lowest BCUT2D eigenvalue weighted by molar-refractivity contribution is 0.114. The Balaban J connectivity index is 2.05. The number of hydrogen-bond donors (Lipinski definition) is 1. The third-order valence-corrected chi connectivity index (χ3v) is 3.38. The summed E-state index contributed by atoms with van der Waals surface area (Å²) in [5.74, 6) is 0.864. The topological polar surface area (TPSA) is 63.4 Å². The molecule has 2 atom stereocenters. The molecule has 1 N–H and O–H groups in total. The smallest absolute Gasteiger partial charge is 0.142 e. The summed E-state index contributed by atoms with van der Waals surface area (Å²) in [6.07, 6.45) is -0.293. The van der Waals surface area contributed by atoms with Crippen molar-refractivity contribution in [1.82, 2.24) is 9.88 Å². The minimum Gasteiger partial charge on any atom is -0.392 e. The molecule has 1 aliphatic rings. The van der Waals surface area contributed by atoms with Crippen molar-refractivity contribution in [3.63, 3.8) is 0 Å². The number of anilines is 1. The van der Waals surface area contributed by atoms with Gasteiger partial charge >= 0.3 is 0 Å². The average molecular weight is 260 g/mol. The fourth-order valence-corrected chi connectivity index (χ4v) is 2.56. The number of rotatable bonds is 3. The van der Waals surface area contributed by atoms with E-state index in [1.54, 1.807) is 6.07 Å². The van der Waals surface area contributed by atoms with E-state index in [1.165, 1.54) is 0 Å². The van der Waals surface area contributed by atoms with Crippen molar-refractivity contribution in [2.45, 2.75) is 26.0 Å². The molecule has 19 heavy (non-hydrogen) atoms. The fraction of sp³-hybridized carbons (Fsp3) is 0.571. The number of nitrogens with zero attached hydrogens (tertiary/aromatic N) is 4. The third-order valence-electron chi connectivity index (χ3n) is 3.38. The number of nitriles is 1. The first-order valence-electron chi connectivity index (χ1n) is 6.64. The van der Waals surface area contributed by atoms with Gasteiger partial charge in [-0.2, -0.15) is 5.26 Å². The van der Waals surface area contributed by atoms with E-state index in [0.29, 0.717) is 18.3 Å². The van der Waals surface area contributed by atoms with E-state index in [2.05, 4.69) is 27.8 Å². The van der Waals surface area contributed by atoms with Crippen molar-refractivity contribution in [2.75, 3.05) is 31.1 Å². The van der Waals surface area contributed by atoms with Crippen LogP contribution in [0.2, 0.25) is 0 Å². The van der Waals surface area contributed by atoms with Gasteiger partial charge < -0.3 is 10.0 Å². The summed E-state index contributed by atoms with van der Waals surface area (Å²) in [5.41, 5.74) is 0.455. The molecule has 1 saturated heterocycles. The van der Waals surface area contributed by atoms with Gasteiger partial charge in [0, 0.05) is 32.2 Å². The summed E-state index contributed by atoms with van der Waals surface area (Å²) in [7, 11) is 0. The normalized spacial score (nSPS) is 22.0. The Morgan fingerprint density at radius 2 is 2.32 bits per heavy atom. The fourth-order valence-electron chi connectivity index (χ4n) is 2.56. The van der Waals surface area contributed by atoms with Crippen LogP contribution >= 0.6 is 0 Å². The summed E-state index contributed by atoms with van der Waals surface area (Å²) in [6.45, 7) is 7.36. The predicted octanol–water partition coefficient (Wildman–Crippen LogP) is 0.845. The second kappa shape index (κ2) is 6.00. The van der Waals surface area contributed by atoms with Crippen LogP contribution in [0.3, 0.4) is 0 Å². The lowest BCUT2D eigenvalue weighted by atomic mass is 10.1. The molecule has 0 bridgehead atoms. The maximum Gasteiger partial charge on any atom is 0.142 e. The lowest BCUT2D eigenvalue weighted by Gasteiger charge is -2.41. The zero-order chi connectivity index (χ0) is 13.8. The van der Waals surface area contributed by atoms with Crippen molar-refractivity contribution in [2.24, 2.45) is 0 Å². The van der Waals surface area contributed by atoms with Gasteiger partial charge in [0.2, 0.25) is 0 Å². The van der Waals surface area contributed by atoms with Gasteiger partial charge in [-0.05, 0) is 26.0 Å². The first kappa shape index (κ1) is 13.8. The quantitative estimate of drug-likeness (QED) is 0.872. The minimum atomic E-state index is -0.293. The highest BCUT2D eigenvalue weighted by Gasteiger charge is 2.25. The molecular weight excluding hydrogens is 240 g/mol. The average Bonchev–Trinajstić information content (AvgIpc) is 2.38. The van der Waals surface area contributed by atoms with Crippen LogP contribution in [0.25, 0.3) is 0 Å². The Labute approximate surface area is 114 Å². The SMILES string of the molecule is CC(O)CN1CCN(c2cccc(C#N)n2)C(C)C1. The van der Waals surface area contributed by atoms with Crippen LogP contribution in [0, 0.1) is 11.3 Å². The largest absolute Gasteiger partial charge is 0.392 e. The van der Waals surface area contributed by atoms with Gasteiger partial charge in [-0.1, -0.05) is 6.07 Å². The number of piperazine rings is 1. The highest BCUT2D eigenvalue weighted by Crippen LogP contribution is 2.18. The van der Waals surface area contributed by atoms with Gasteiger partial charge in [0.1, 0.15) is 17.6 Å². The minimum absolute atomic E-state index is 0.293. The van der Waals surface area contributed by atoms with E-state index < -0.39 is 0 Å². The molecule has 1 aliphatic heterocycles. The van der Waals surface area contributed by atoms with Crippen LogP contribution in [-0.4, -0.2) is 53.3 Å². The lowest BCUT2D eigenvalue weighted by Crippen LogP contribution is -2.53. The number of pyridine rings is 1. The van der Waals surface area contributed by atoms with E-state index in [9.17, 15) is 5.11 Å². The molecule has 0 aromatic carbocycles. The number of β-amino-alcohol motifs (C(OH)–C–C–N with tert-alkyl or cyclic N) is 1. The van der Waals surface area contributed by atoms with Crippen LogP contribution in [0.4, 0.5) is 5.82 Å². The molecule has 1 aromatic heterocycles. The van der Waals surface area contributed by atoms with Gasteiger partial charge in [-0.3, -0.25) is 4.90 Å². The molecule has 2 unspecified atom stereocenters. The molecule has 0 aliphatic carbocycles. The van der Waals surface area contributed by atoms with Crippen LogP contribution in [0.1, 0.15) is 19.5 Å². The number of aliphatic hydroxyl groups excluding tert-OH is 1. The van der Waals surface area contributed by atoms with E-state index in [-0.39, 0.29) is 6.10 Å². The van der Waals surface area contributed by atoms with Crippen molar-refractivity contribution >= 4 is 5.82 Å². The Morgan fingerprint density at radius 3 is 2.95 bits per heavy atom. The maximum atomic E-state index is 9.44. The number of aliphatic hydroxyl groups is 1. The number of hydrogen-bond acceptors (Lipinski definition) is 5. The summed E-state index contributed by atoms with van der Waals surface area (Å²) in [5, 5.41) is 18.3. The van der Waals surface area contributed by atoms with Gasteiger partial charge in [0.05, 0.1) is 6.10 Å². The van der Waals surface area contributed by atoms with Gasteiger partial charge in [-0.25, -0.2) is 4.98 Å². The molecule has 5 heteroatoms. The van der Waals surface area contributed by atoms with E-state index in [1.807, 2.05) is 19.1 Å². The highest BCUT2D eigenvalue weighted by atomic mass is 16.3. The van der Waals surface area contributed by atoms with E-state index >= 15 is 0 Å². The highest BCUT2D eigenvalue weighted by molar-refractivity contribution is 5.43. The second-order valence-corrected chi connectivity index (χ2v) is 5.14. The Morgan fingerprint density at radius 1 is 1.53 bits per heavy atom. The van der Waals surface area contributed by atoms with Crippen LogP contribution in [0.15, 0.2) is 18.2 Å². The molecule has 0 amide bonds. The van der Waals surface area contributed by atoms with Crippen LogP contribution in [-0.2, 0) is 0 Å². The molecular formula is C14H20N4O. The Hall–Kier alpha value is -1.64. The van der Waals surface area contributed by atoms with Crippen molar-refractivity contribution < 1.29 is 5.11 Å². The van der Waals surface area contributed by atoms with Gasteiger partial charge in [-0.15, -0.1) is 0 Å². The standard InChI is InChI=1S/C14H20N4O/c1-11-9-17(10-12(2)19)6-7-18(11)14-5-3-4-13(8-15)16-14/h3-5,11-12,19H,6-7,9-10H2,1-2H3. The summed E-state index contributed by atoms with van der Waals surface area (Å²) >= 11 is 0. The first-order chi connectivity index (χ1) is 9.10. The van der Waals surface area contributed by atoms with Crippen molar-refractivity contribution in [3.8, 4) is 6.07 Å². The molecule has 0 spiro atoms. The zero-order valence-corrected chi connectivity index (χ0v) is 11.5. The van der Waals surface area contributed by atoms with Crippen molar-refractivity contribution in [1.29, 1.82) is 5.26 Å². The van der Waals surface area contributed by atoms with E-state index in [4.69, 9.17) is 5.26 Å². The van der Waals surface area contributed by atoms with Crippen LogP contribution in [0.5, 0.6) is 0 Å². The predicted molar refractivity (Wildman–Crippen MR) is 73.9 cm³/mol. The number of aromatic nitrogens is 1. The summed E-state index contributed by atoms with van der Waals surface area (Å²) < 4.78 is 0. The molecule has 1 aromatic rings. The molecule has 2 rings (SSSR count). The maximum absolute atomic E-state index is 9.44. The third kappa shape index (κ3) is 3.43. The monoisotopic (exact) mass is 260 g/mol. The van der Waals surface area contributed by atoms with Crippen LogP contribution < -0.4 is 4.90 Å². The Kier molecular flexibility index (Phi) is 4.35. The van der Waals surface area contributed by atoms with Gasteiger partial charge in [0.25, 0.3) is 0 Å². The van der Waals surface area contributed by atoms with Crippen molar-refractivity contribution in [3.05, 3.63) is 23.9 Å².